The highest BCUT2D eigenvalue weighted by atomic mass is 16.6. The number of benzene rings is 2. The molecule has 1 amide bonds. The second kappa shape index (κ2) is 7.48. The first-order valence-corrected chi connectivity index (χ1v) is 10.1. The Morgan fingerprint density at radius 3 is 2.50 bits per heavy atom. The summed E-state index contributed by atoms with van der Waals surface area (Å²) in [6.07, 6.45) is 1.51. The fourth-order valence-corrected chi connectivity index (χ4v) is 4.99. The molecule has 7 heteroatoms. The Bertz CT molecular complexity index is 971. The molecule has 1 aliphatic heterocycles. The van der Waals surface area contributed by atoms with Gasteiger partial charge in [0.05, 0.1) is 11.8 Å². The summed E-state index contributed by atoms with van der Waals surface area (Å²) in [5.41, 5.74) is 0.568. The van der Waals surface area contributed by atoms with Gasteiger partial charge in [0.25, 0.3) is 5.91 Å². The monoisotopic (exact) mass is 407 g/mol. The van der Waals surface area contributed by atoms with Crippen LogP contribution in [-0.2, 0) is 23.9 Å². The van der Waals surface area contributed by atoms with E-state index in [1.165, 1.54) is 0 Å². The minimum atomic E-state index is -0.483. The third-order valence-electron chi connectivity index (χ3n) is 6.22. The number of rotatable bonds is 6. The lowest BCUT2D eigenvalue weighted by Gasteiger charge is -2.22. The summed E-state index contributed by atoms with van der Waals surface area (Å²) < 4.78 is 16.3. The summed E-state index contributed by atoms with van der Waals surface area (Å²) in [4.78, 5) is 36.7. The smallest absolute Gasteiger partial charge is 0.310 e. The second-order valence-corrected chi connectivity index (χ2v) is 8.02. The van der Waals surface area contributed by atoms with Gasteiger partial charge in [0.2, 0.25) is 0 Å². The lowest BCUT2D eigenvalue weighted by atomic mass is 9.80. The summed E-state index contributed by atoms with van der Waals surface area (Å²) in [6.45, 7) is -0.389. The number of nitrogens with one attached hydrogen (secondary N) is 1. The molecule has 2 aliphatic carbocycles. The van der Waals surface area contributed by atoms with Crippen molar-refractivity contribution in [1.29, 1.82) is 0 Å². The van der Waals surface area contributed by atoms with Crippen molar-refractivity contribution in [3.05, 3.63) is 54.6 Å². The van der Waals surface area contributed by atoms with E-state index >= 15 is 0 Å². The Labute approximate surface area is 173 Å². The van der Waals surface area contributed by atoms with Crippen LogP contribution in [0, 0.1) is 23.7 Å². The number of carbonyl (C=O) groups excluding carboxylic acids is 3. The molecule has 0 radical (unpaired) electrons. The molecule has 0 spiro atoms. The molecule has 1 heterocycles. The number of hydrogen-bond acceptors (Lipinski definition) is 6. The van der Waals surface area contributed by atoms with Crippen LogP contribution < -0.4 is 10.1 Å². The van der Waals surface area contributed by atoms with E-state index in [1.54, 1.807) is 24.3 Å². The summed E-state index contributed by atoms with van der Waals surface area (Å²) in [5, 5.41) is 2.69. The minimum Gasteiger partial charge on any atom is -0.462 e. The Kier molecular flexibility index (Phi) is 4.65. The van der Waals surface area contributed by atoms with Gasteiger partial charge >= 0.3 is 11.9 Å². The molecule has 1 N–H and O–H groups in total. The van der Waals surface area contributed by atoms with Crippen LogP contribution in [0.4, 0.5) is 5.69 Å². The number of hydrogen-bond donors (Lipinski definition) is 1. The number of amides is 1. The summed E-state index contributed by atoms with van der Waals surface area (Å²) >= 11 is 0. The quantitative estimate of drug-likeness (QED) is 0.740. The predicted octanol–water partition coefficient (Wildman–Crippen LogP) is 3.16. The van der Waals surface area contributed by atoms with Crippen LogP contribution in [0.2, 0.25) is 0 Å². The standard InChI is InChI=1S/C23H21NO6/c25-19(24-14-6-8-16(9-7-14)29-15-4-2-1-3-5-15)12-28-22(26)20-13-10-17-18(11-13)30-23(27)21(17)20/h1-9,13,17-18,20-21H,10-12H2,(H,24,25)/t13-,17-,18-,20-,21+/m1/s1. The molecule has 1 saturated heterocycles. The van der Waals surface area contributed by atoms with Crippen LogP contribution >= 0.6 is 0 Å². The van der Waals surface area contributed by atoms with Gasteiger partial charge in [-0.05, 0) is 55.2 Å². The molecule has 7 nitrogen and oxygen atoms in total. The van der Waals surface area contributed by atoms with Crippen LogP contribution in [0.1, 0.15) is 12.8 Å². The third-order valence-corrected chi connectivity index (χ3v) is 6.22. The van der Waals surface area contributed by atoms with Crippen molar-refractivity contribution < 1.29 is 28.6 Å². The van der Waals surface area contributed by atoms with Crippen LogP contribution in [0.5, 0.6) is 11.5 Å². The summed E-state index contributed by atoms with van der Waals surface area (Å²) in [5.74, 6) is -0.488. The maximum absolute atomic E-state index is 12.5. The van der Waals surface area contributed by atoms with E-state index in [-0.39, 0.29) is 30.5 Å². The first kappa shape index (κ1) is 18.7. The van der Waals surface area contributed by atoms with Crippen LogP contribution in [0.15, 0.2) is 54.6 Å². The maximum Gasteiger partial charge on any atom is 0.310 e. The van der Waals surface area contributed by atoms with Gasteiger partial charge < -0.3 is 19.5 Å². The van der Waals surface area contributed by atoms with Gasteiger partial charge in [0.1, 0.15) is 17.6 Å². The van der Waals surface area contributed by atoms with Crippen molar-refractivity contribution in [2.45, 2.75) is 18.9 Å². The van der Waals surface area contributed by atoms with Crippen molar-refractivity contribution in [3.8, 4) is 11.5 Å². The van der Waals surface area contributed by atoms with Gasteiger partial charge in [0, 0.05) is 11.6 Å². The van der Waals surface area contributed by atoms with E-state index in [4.69, 9.17) is 14.2 Å². The van der Waals surface area contributed by atoms with Crippen molar-refractivity contribution in [1.82, 2.24) is 0 Å². The number of esters is 2. The van der Waals surface area contributed by atoms with Crippen molar-refractivity contribution >= 4 is 23.5 Å². The molecule has 2 bridgehead atoms. The highest BCUT2D eigenvalue weighted by Crippen LogP contribution is 2.57. The molecule has 5 rings (SSSR count). The second-order valence-electron chi connectivity index (χ2n) is 8.02. The first-order valence-electron chi connectivity index (χ1n) is 10.1. The van der Waals surface area contributed by atoms with Gasteiger partial charge in [-0.15, -0.1) is 0 Å². The number of fused-ring (bicyclic) bond motifs is 1. The van der Waals surface area contributed by atoms with Crippen LogP contribution in [0.25, 0.3) is 0 Å². The Hall–Kier alpha value is -3.35. The predicted molar refractivity (Wildman–Crippen MR) is 106 cm³/mol. The van der Waals surface area contributed by atoms with Crippen LogP contribution in [0.3, 0.4) is 0 Å². The molecule has 3 aliphatic rings. The lowest BCUT2D eigenvalue weighted by Crippen LogP contribution is -2.34. The van der Waals surface area contributed by atoms with Gasteiger partial charge in [-0.2, -0.15) is 0 Å². The fraction of sp³-hybridized carbons (Fsp3) is 0.348. The zero-order valence-electron chi connectivity index (χ0n) is 16.2. The Morgan fingerprint density at radius 1 is 1.00 bits per heavy atom. The molecule has 5 atom stereocenters. The molecule has 2 aromatic rings. The topological polar surface area (TPSA) is 90.9 Å². The minimum absolute atomic E-state index is 0.0336. The van der Waals surface area contributed by atoms with E-state index in [0.29, 0.717) is 11.4 Å². The normalized spacial score (nSPS) is 28.1. The van der Waals surface area contributed by atoms with Crippen LogP contribution in [-0.4, -0.2) is 30.6 Å². The van der Waals surface area contributed by atoms with Crippen molar-refractivity contribution in [2.75, 3.05) is 11.9 Å². The molecule has 154 valence electrons. The zero-order chi connectivity index (χ0) is 20.7. The van der Waals surface area contributed by atoms with Gasteiger partial charge in [-0.25, -0.2) is 0 Å². The molecular weight excluding hydrogens is 386 g/mol. The molecule has 0 aromatic heterocycles. The Morgan fingerprint density at radius 2 is 1.73 bits per heavy atom. The molecule has 0 unspecified atom stereocenters. The largest absolute Gasteiger partial charge is 0.462 e. The van der Waals surface area contributed by atoms with Gasteiger partial charge in [-0.1, -0.05) is 18.2 Å². The number of para-hydroxylation sites is 1. The average Bonchev–Trinajstić information content (AvgIpc) is 3.37. The van der Waals surface area contributed by atoms with E-state index in [0.717, 1.165) is 18.6 Å². The summed E-state index contributed by atoms with van der Waals surface area (Å²) in [7, 11) is 0. The zero-order valence-corrected chi connectivity index (χ0v) is 16.2. The number of carbonyl (C=O) groups is 3. The SMILES string of the molecule is O=C(COC(=O)[C@@H]1[C@@H]2C[C@H]3[C@@H]1C(=O)O[C@@H]3C2)Nc1ccc(Oc2ccccc2)cc1. The first-order chi connectivity index (χ1) is 14.6. The lowest BCUT2D eigenvalue weighted by molar-refractivity contribution is -0.157. The van der Waals surface area contributed by atoms with Gasteiger partial charge in [0.15, 0.2) is 6.61 Å². The molecule has 30 heavy (non-hydrogen) atoms. The number of anilines is 1. The highest BCUT2D eigenvalue weighted by Gasteiger charge is 2.64. The fourth-order valence-electron chi connectivity index (χ4n) is 4.99. The van der Waals surface area contributed by atoms with E-state index < -0.39 is 23.7 Å². The Balaban J connectivity index is 1.12. The summed E-state index contributed by atoms with van der Waals surface area (Å²) in [6, 6.07) is 16.3. The molecular formula is C23H21NO6. The molecule has 2 saturated carbocycles. The molecule has 2 aromatic carbocycles. The van der Waals surface area contributed by atoms with Gasteiger partial charge in [-0.3, -0.25) is 14.4 Å². The van der Waals surface area contributed by atoms with E-state index in [9.17, 15) is 14.4 Å². The maximum atomic E-state index is 12.5. The van der Waals surface area contributed by atoms with Crippen molar-refractivity contribution in [2.24, 2.45) is 23.7 Å². The third kappa shape index (κ3) is 3.40. The van der Waals surface area contributed by atoms with Crippen molar-refractivity contribution in [3.63, 3.8) is 0 Å². The molecule has 3 fully saturated rings. The highest BCUT2D eigenvalue weighted by molar-refractivity contribution is 5.93. The average molecular weight is 407 g/mol. The van der Waals surface area contributed by atoms with E-state index in [1.807, 2.05) is 30.3 Å². The number of ether oxygens (including phenoxy) is 3. The van der Waals surface area contributed by atoms with E-state index in [2.05, 4.69) is 5.32 Å².